The number of carbonyl (C=O) groups is 1. The number of aromatic amines is 1. The van der Waals surface area contributed by atoms with Crippen molar-refractivity contribution in [3.8, 4) is 5.75 Å². The molecule has 0 saturated heterocycles. The average Bonchev–Trinajstić information content (AvgIpc) is 2.83. The fourth-order valence-electron chi connectivity index (χ4n) is 3.88. The smallest absolute Gasteiger partial charge is 0.335 e. The van der Waals surface area contributed by atoms with Crippen LogP contribution in [0.25, 0.3) is 22.0 Å². The minimum atomic E-state index is -0.509. The molecule has 1 heterocycles. The van der Waals surface area contributed by atoms with Crippen molar-refractivity contribution in [2.24, 2.45) is 0 Å². The molecule has 32 heavy (non-hydrogen) atoms. The molecule has 0 spiro atoms. The van der Waals surface area contributed by atoms with Crippen LogP contribution < -0.4 is 10.3 Å². The van der Waals surface area contributed by atoms with Gasteiger partial charge in [-0.3, -0.25) is 4.79 Å². The Morgan fingerprint density at radius 1 is 0.938 bits per heavy atom. The third-order valence-corrected chi connectivity index (χ3v) is 5.32. The maximum Gasteiger partial charge on any atom is 0.335 e. The van der Waals surface area contributed by atoms with Crippen LogP contribution in [0.5, 0.6) is 5.75 Å². The zero-order valence-electron chi connectivity index (χ0n) is 17.8. The minimum absolute atomic E-state index is 0.138. The van der Waals surface area contributed by atoms with Gasteiger partial charge in [-0.2, -0.15) is 0 Å². The van der Waals surface area contributed by atoms with Gasteiger partial charge in [-0.25, -0.2) is 4.79 Å². The highest BCUT2D eigenvalue weighted by molar-refractivity contribution is 6.02. The molecule has 1 aromatic heterocycles. The molecule has 4 nitrogen and oxygen atoms in total. The lowest BCUT2D eigenvalue weighted by atomic mass is 9.87. The molecule has 158 valence electrons. The summed E-state index contributed by atoms with van der Waals surface area (Å²) in [7, 11) is 0. The van der Waals surface area contributed by atoms with Gasteiger partial charge in [0.05, 0.1) is 0 Å². The molecule has 1 N–H and O–H groups in total. The zero-order chi connectivity index (χ0) is 22.5. The number of carbonyl (C=O) groups excluding carboxylic acids is 1. The van der Waals surface area contributed by atoms with Crippen LogP contribution in [0.15, 0.2) is 102 Å². The van der Waals surface area contributed by atoms with Crippen LogP contribution in [0.4, 0.5) is 0 Å². The summed E-state index contributed by atoms with van der Waals surface area (Å²) in [4.78, 5) is 26.6. The normalized spacial score (nSPS) is 11.7. The number of esters is 1. The van der Waals surface area contributed by atoms with E-state index in [9.17, 15) is 9.59 Å². The van der Waals surface area contributed by atoms with Crippen molar-refractivity contribution in [1.82, 2.24) is 4.98 Å². The van der Waals surface area contributed by atoms with Gasteiger partial charge in [0.25, 0.3) is 0 Å². The van der Waals surface area contributed by atoms with Crippen molar-refractivity contribution < 1.29 is 9.53 Å². The lowest BCUT2D eigenvalue weighted by Crippen LogP contribution is -2.06. The van der Waals surface area contributed by atoms with Crippen LogP contribution in [-0.4, -0.2) is 11.0 Å². The van der Waals surface area contributed by atoms with E-state index in [0.717, 1.165) is 51.2 Å². The number of para-hydroxylation sites is 1. The van der Waals surface area contributed by atoms with Gasteiger partial charge in [-0.1, -0.05) is 68.1 Å². The van der Waals surface area contributed by atoms with E-state index in [-0.39, 0.29) is 5.56 Å². The third-order valence-electron chi connectivity index (χ3n) is 5.32. The molecule has 0 saturated carbocycles. The summed E-state index contributed by atoms with van der Waals surface area (Å²) in [6.07, 6.45) is 1.93. The number of nitrogens with one attached hydrogen (secondary N) is 1. The van der Waals surface area contributed by atoms with Crippen molar-refractivity contribution in [1.29, 1.82) is 0 Å². The number of hydrogen-bond acceptors (Lipinski definition) is 3. The van der Waals surface area contributed by atoms with E-state index in [2.05, 4.69) is 30.6 Å². The molecule has 3 aromatic carbocycles. The Hall–Kier alpha value is -4.18. The molecular formula is C28H23NO3. The first kappa shape index (κ1) is 21.1. The van der Waals surface area contributed by atoms with Gasteiger partial charge in [0.1, 0.15) is 5.75 Å². The highest BCUT2D eigenvalue weighted by Crippen LogP contribution is 2.39. The lowest BCUT2D eigenvalue weighted by molar-refractivity contribution is -0.128. The number of hydrogen-bond donors (Lipinski definition) is 1. The summed E-state index contributed by atoms with van der Waals surface area (Å²) in [5.74, 6) is -0.0403. The Bertz CT molecular complexity index is 1380. The Morgan fingerprint density at radius 3 is 2.44 bits per heavy atom. The molecule has 0 unspecified atom stereocenters. The molecule has 4 rings (SSSR count). The van der Waals surface area contributed by atoms with E-state index < -0.39 is 5.97 Å². The standard InChI is InChI=1S/C28H23NO3/c1-3-22(19-10-6-5-7-11-19)28(23-12-8-9-13-25(23)32-27(31)4-2)21-14-16-24-20(18-21)15-17-26(30)29-24/h4-18H,2-3H2,1H3,(H,29,30)/b28-22+. The fraction of sp³-hybridized carbons (Fsp3) is 0.0714. The zero-order valence-corrected chi connectivity index (χ0v) is 17.8. The first-order valence-corrected chi connectivity index (χ1v) is 10.5. The number of rotatable bonds is 6. The first-order valence-electron chi connectivity index (χ1n) is 10.5. The largest absolute Gasteiger partial charge is 0.423 e. The Balaban J connectivity index is 2.02. The maximum absolute atomic E-state index is 12.0. The topological polar surface area (TPSA) is 59.2 Å². The molecular weight excluding hydrogens is 398 g/mol. The Kier molecular flexibility index (Phi) is 6.13. The summed E-state index contributed by atoms with van der Waals surface area (Å²) in [6.45, 7) is 5.62. The van der Waals surface area contributed by atoms with E-state index in [0.29, 0.717) is 5.75 Å². The highest BCUT2D eigenvalue weighted by Gasteiger charge is 2.18. The number of benzene rings is 3. The SMILES string of the molecule is C=CC(=O)Oc1ccccc1/C(=C(\CC)c1ccccc1)c1ccc2[nH]c(=O)ccc2c1. The second kappa shape index (κ2) is 9.31. The molecule has 4 heteroatoms. The summed E-state index contributed by atoms with van der Waals surface area (Å²) in [6, 6.07) is 26.9. The van der Waals surface area contributed by atoms with Crippen LogP contribution in [0.1, 0.15) is 30.0 Å². The first-order chi connectivity index (χ1) is 15.6. The quantitative estimate of drug-likeness (QED) is 0.180. The second-order valence-corrected chi connectivity index (χ2v) is 7.32. The van der Waals surface area contributed by atoms with Crippen LogP contribution in [-0.2, 0) is 4.79 Å². The molecule has 4 aromatic rings. The second-order valence-electron chi connectivity index (χ2n) is 7.32. The number of pyridine rings is 1. The summed E-state index contributed by atoms with van der Waals surface area (Å²) in [5.41, 5.74) is 5.60. The van der Waals surface area contributed by atoms with Gasteiger partial charge in [-0.15, -0.1) is 0 Å². The van der Waals surface area contributed by atoms with Gasteiger partial charge in [0.15, 0.2) is 0 Å². The minimum Gasteiger partial charge on any atom is -0.423 e. The number of aromatic nitrogens is 1. The predicted octanol–water partition coefficient (Wildman–Crippen LogP) is 5.99. The van der Waals surface area contributed by atoms with Crippen LogP contribution in [0.2, 0.25) is 0 Å². The monoisotopic (exact) mass is 421 g/mol. The number of H-pyrrole nitrogens is 1. The van der Waals surface area contributed by atoms with E-state index in [1.54, 1.807) is 6.07 Å². The van der Waals surface area contributed by atoms with Crippen LogP contribution in [0, 0.1) is 0 Å². The molecule has 0 aliphatic rings. The molecule has 0 bridgehead atoms. The molecule has 0 atom stereocenters. The van der Waals surface area contributed by atoms with E-state index in [1.807, 2.05) is 60.7 Å². The number of fused-ring (bicyclic) bond motifs is 1. The van der Waals surface area contributed by atoms with E-state index in [4.69, 9.17) is 4.74 Å². The van der Waals surface area contributed by atoms with Crippen molar-refractivity contribution in [2.45, 2.75) is 13.3 Å². The fourth-order valence-corrected chi connectivity index (χ4v) is 3.88. The van der Waals surface area contributed by atoms with E-state index in [1.165, 1.54) is 6.07 Å². The van der Waals surface area contributed by atoms with Gasteiger partial charge in [0.2, 0.25) is 5.56 Å². The van der Waals surface area contributed by atoms with Crippen LogP contribution in [0.3, 0.4) is 0 Å². The maximum atomic E-state index is 12.0. The van der Waals surface area contributed by atoms with Gasteiger partial charge in [0, 0.05) is 23.2 Å². The lowest BCUT2D eigenvalue weighted by Gasteiger charge is -2.19. The molecule has 0 amide bonds. The Labute approximate surface area is 186 Å². The van der Waals surface area contributed by atoms with Gasteiger partial charge >= 0.3 is 5.97 Å². The molecule has 0 aliphatic heterocycles. The van der Waals surface area contributed by atoms with E-state index >= 15 is 0 Å². The van der Waals surface area contributed by atoms with Gasteiger partial charge in [-0.05, 0) is 58.3 Å². The van der Waals surface area contributed by atoms with Crippen LogP contribution >= 0.6 is 0 Å². The van der Waals surface area contributed by atoms with Gasteiger partial charge < -0.3 is 9.72 Å². The summed E-state index contributed by atoms with van der Waals surface area (Å²) < 4.78 is 5.59. The molecule has 0 radical (unpaired) electrons. The number of allylic oxidation sites excluding steroid dienone is 1. The third kappa shape index (κ3) is 4.30. The predicted molar refractivity (Wildman–Crippen MR) is 129 cm³/mol. The molecule has 0 aliphatic carbocycles. The average molecular weight is 421 g/mol. The van der Waals surface area contributed by atoms with Crippen molar-refractivity contribution in [3.63, 3.8) is 0 Å². The highest BCUT2D eigenvalue weighted by atomic mass is 16.5. The van der Waals surface area contributed by atoms with Crippen molar-refractivity contribution in [2.75, 3.05) is 0 Å². The number of ether oxygens (including phenoxy) is 1. The summed E-state index contributed by atoms with van der Waals surface area (Å²) in [5, 5.41) is 0.920. The van der Waals surface area contributed by atoms with Crippen molar-refractivity contribution in [3.05, 3.63) is 125 Å². The Morgan fingerprint density at radius 2 is 1.69 bits per heavy atom. The molecule has 0 fully saturated rings. The van der Waals surface area contributed by atoms with Crippen molar-refractivity contribution >= 4 is 28.0 Å². The summed E-state index contributed by atoms with van der Waals surface area (Å²) >= 11 is 0.